The summed E-state index contributed by atoms with van der Waals surface area (Å²) in [6.07, 6.45) is -1.36. The van der Waals surface area contributed by atoms with Gasteiger partial charge in [0.1, 0.15) is 23.2 Å². The van der Waals surface area contributed by atoms with Crippen molar-refractivity contribution >= 4 is 28.6 Å². The maximum Gasteiger partial charge on any atom is 0.393 e. The summed E-state index contributed by atoms with van der Waals surface area (Å²) >= 11 is 0. The molecule has 1 saturated heterocycles. The van der Waals surface area contributed by atoms with Gasteiger partial charge in [0.15, 0.2) is 11.5 Å². The van der Waals surface area contributed by atoms with Crippen LogP contribution in [-0.2, 0) is 17.8 Å². The second-order valence-electron chi connectivity index (χ2n) is 9.19. The Morgan fingerprint density at radius 1 is 1.20 bits per heavy atom. The van der Waals surface area contributed by atoms with Crippen molar-refractivity contribution in [2.75, 3.05) is 23.7 Å². The number of carbonyl (C=O) groups excluding carboxylic acids is 1. The van der Waals surface area contributed by atoms with Crippen molar-refractivity contribution in [2.45, 2.75) is 50.0 Å². The van der Waals surface area contributed by atoms with Crippen molar-refractivity contribution in [1.29, 1.82) is 0 Å². The molecule has 186 valence electrons. The molecule has 2 aliphatic rings. The Bertz CT molecular complexity index is 1290. The third-order valence-electron chi connectivity index (χ3n) is 6.49. The highest BCUT2D eigenvalue weighted by molar-refractivity contribution is 5.88. The molecule has 1 atom stereocenters. The Kier molecular flexibility index (Phi) is 5.54. The van der Waals surface area contributed by atoms with E-state index in [0.717, 1.165) is 18.9 Å². The Hall–Kier alpha value is -3.48. The normalized spacial score (nSPS) is 20.5. The number of anilines is 2. The van der Waals surface area contributed by atoms with Crippen LogP contribution >= 0.6 is 0 Å². The lowest BCUT2D eigenvalue weighted by Crippen LogP contribution is -2.56. The number of hydrogen-bond acceptors (Lipinski definition) is 7. The predicted octanol–water partition coefficient (Wildman–Crippen LogP) is 1.89. The van der Waals surface area contributed by atoms with Gasteiger partial charge in [-0.15, -0.1) is 0 Å². The topological polar surface area (TPSA) is 128 Å². The Morgan fingerprint density at radius 3 is 2.69 bits per heavy atom. The van der Waals surface area contributed by atoms with Crippen LogP contribution in [0.5, 0.6) is 0 Å². The van der Waals surface area contributed by atoms with Crippen molar-refractivity contribution in [1.82, 2.24) is 24.8 Å². The largest absolute Gasteiger partial charge is 0.393 e. The van der Waals surface area contributed by atoms with E-state index in [1.807, 2.05) is 0 Å². The van der Waals surface area contributed by atoms with E-state index in [4.69, 9.17) is 11.5 Å². The van der Waals surface area contributed by atoms with Crippen LogP contribution in [0.3, 0.4) is 0 Å². The summed E-state index contributed by atoms with van der Waals surface area (Å²) in [7, 11) is 0. The number of carbonyl (C=O) groups is 1. The molecule has 1 aromatic carbocycles. The fourth-order valence-electron chi connectivity index (χ4n) is 4.48. The van der Waals surface area contributed by atoms with E-state index < -0.39 is 29.5 Å². The molecule has 2 aromatic heterocycles. The zero-order valence-corrected chi connectivity index (χ0v) is 18.6. The average Bonchev–Trinajstić information content (AvgIpc) is 3.36. The average molecular weight is 492 g/mol. The molecule has 2 fully saturated rings. The number of aromatic nitrogens is 4. The number of rotatable bonds is 6. The van der Waals surface area contributed by atoms with Crippen LogP contribution in [-0.4, -0.2) is 56.3 Å². The van der Waals surface area contributed by atoms with Crippen molar-refractivity contribution in [3.05, 3.63) is 41.7 Å². The maximum absolute atomic E-state index is 14.8. The van der Waals surface area contributed by atoms with Crippen molar-refractivity contribution in [3.8, 4) is 0 Å². The predicted molar refractivity (Wildman–Crippen MR) is 120 cm³/mol. The molecule has 13 heteroatoms. The van der Waals surface area contributed by atoms with Gasteiger partial charge in [0, 0.05) is 35.9 Å². The van der Waals surface area contributed by atoms with Crippen molar-refractivity contribution in [3.63, 3.8) is 0 Å². The molecule has 0 unspecified atom stereocenters. The number of nitrogens with zero attached hydrogens (tertiary/aromatic N) is 5. The maximum atomic E-state index is 14.8. The van der Waals surface area contributed by atoms with Gasteiger partial charge in [0.05, 0.1) is 19.3 Å². The van der Waals surface area contributed by atoms with Crippen LogP contribution in [0.2, 0.25) is 0 Å². The van der Waals surface area contributed by atoms with Crippen LogP contribution in [0.1, 0.15) is 30.4 Å². The smallest absolute Gasteiger partial charge is 0.382 e. The number of nitrogens with two attached hydrogens (primary N) is 2. The molecule has 3 heterocycles. The molecule has 0 bridgehead atoms. The summed E-state index contributed by atoms with van der Waals surface area (Å²) in [5.74, 6) is -1.13. The van der Waals surface area contributed by atoms with Gasteiger partial charge in [0.25, 0.3) is 0 Å². The summed E-state index contributed by atoms with van der Waals surface area (Å²) in [4.78, 5) is 26.6. The molecule has 5 N–H and O–H groups in total. The lowest BCUT2D eigenvalue weighted by Gasteiger charge is -2.27. The number of benzene rings is 1. The van der Waals surface area contributed by atoms with E-state index in [-0.39, 0.29) is 36.4 Å². The van der Waals surface area contributed by atoms with Gasteiger partial charge in [-0.05, 0) is 31.4 Å². The molecule has 1 aliphatic heterocycles. The van der Waals surface area contributed by atoms with Gasteiger partial charge in [0.2, 0.25) is 5.91 Å². The van der Waals surface area contributed by atoms with Gasteiger partial charge in [-0.1, -0.05) is 0 Å². The van der Waals surface area contributed by atoms with E-state index in [9.17, 15) is 22.4 Å². The number of amides is 1. The Labute approximate surface area is 197 Å². The minimum Gasteiger partial charge on any atom is -0.382 e. The quantitative estimate of drug-likeness (QED) is 0.449. The number of halogens is 4. The molecule has 5 rings (SSSR count). The molecule has 0 radical (unpaired) electrons. The number of alkyl halides is 3. The third-order valence-corrected chi connectivity index (χ3v) is 6.49. The van der Waals surface area contributed by atoms with Gasteiger partial charge in [-0.25, -0.2) is 19.3 Å². The van der Waals surface area contributed by atoms with Gasteiger partial charge in [-0.2, -0.15) is 13.2 Å². The summed E-state index contributed by atoms with van der Waals surface area (Å²) in [6, 6.07) is 2.57. The number of nitrogen functional groups attached to an aromatic ring is 1. The number of fused-ring (bicyclic) bond motifs is 1. The number of nitrogens with one attached hydrogen (secondary N) is 1. The molecule has 35 heavy (non-hydrogen) atoms. The second kappa shape index (κ2) is 8.33. The molecule has 1 aliphatic carbocycles. The van der Waals surface area contributed by atoms with E-state index >= 15 is 0 Å². The molecule has 3 aromatic rings. The first-order valence-corrected chi connectivity index (χ1v) is 11.2. The van der Waals surface area contributed by atoms with E-state index in [0.29, 0.717) is 29.8 Å². The first-order chi connectivity index (χ1) is 16.5. The summed E-state index contributed by atoms with van der Waals surface area (Å²) in [6.45, 7) is 0.279. The minimum atomic E-state index is -4.63. The Balaban J connectivity index is 1.54. The van der Waals surface area contributed by atoms with Crippen LogP contribution < -0.4 is 21.7 Å². The van der Waals surface area contributed by atoms with Gasteiger partial charge < -0.3 is 26.3 Å². The zero-order chi connectivity index (χ0) is 25.0. The van der Waals surface area contributed by atoms with E-state index in [1.54, 1.807) is 4.90 Å². The lowest BCUT2D eigenvalue weighted by molar-refractivity contribution is -0.128. The van der Waals surface area contributed by atoms with E-state index in [2.05, 4.69) is 20.3 Å². The minimum absolute atomic E-state index is 0.0927. The summed E-state index contributed by atoms with van der Waals surface area (Å²) < 4.78 is 56.6. The fourth-order valence-corrected chi connectivity index (χ4v) is 4.48. The SMILES string of the molecule is Nc1ncnc2c1ncn2Cc1c(N2CC[C@](N)(C(=O)NC3CC3)C2)ccc(F)c1CC(F)(F)F. The van der Waals surface area contributed by atoms with Gasteiger partial charge in [-0.3, -0.25) is 4.79 Å². The van der Waals surface area contributed by atoms with Crippen molar-refractivity contribution < 1.29 is 22.4 Å². The highest BCUT2D eigenvalue weighted by Gasteiger charge is 2.44. The molecule has 1 amide bonds. The molecule has 0 spiro atoms. The van der Waals surface area contributed by atoms with Crippen LogP contribution in [0.15, 0.2) is 24.8 Å². The summed E-state index contributed by atoms with van der Waals surface area (Å²) in [5.41, 5.74) is 11.7. The van der Waals surface area contributed by atoms with Crippen LogP contribution in [0, 0.1) is 5.82 Å². The Morgan fingerprint density at radius 2 is 1.97 bits per heavy atom. The first-order valence-electron chi connectivity index (χ1n) is 11.2. The molecular weight excluding hydrogens is 468 g/mol. The zero-order valence-electron chi connectivity index (χ0n) is 18.6. The molecule has 9 nitrogen and oxygen atoms in total. The van der Waals surface area contributed by atoms with Crippen LogP contribution in [0.4, 0.5) is 29.1 Å². The summed E-state index contributed by atoms with van der Waals surface area (Å²) in [5, 5.41) is 2.90. The highest BCUT2D eigenvalue weighted by atomic mass is 19.4. The standard InChI is InChI=1S/C22H24F4N8O/c23-15-3-4-16(33-6-5-21(28,9-33)20(35)32-12-1-2-12)14(13(15)7-22(24,25)26)8-34-11-31-17-18(27)29-10-30-19(17)34/h3-4,10-12H,1-2,5-9,28H2,(H,32,35)(H2,27,29,30)/t21-/m1/s1. The fraction of sp³-hybridized carbons (Fsp3) is 0.455. The third kappa shape index (κ3) is 4.59. The van der Waals surface area contributed by atoms with E-state index in [1.165, 1.54) is 23.3 Å². The lowest BCUT2D eigenvalue weighted by atomic mass is 9.98. The molecular formula is C22H24F4N8O. The monoisotopic (exact) mass is 492 g/mol. The van der Waals surface area contributed by atoms with Gasteiger partial charge >= 0.3 is 6.18 Å². The highest BCUT2D eigenvalue weighted by Crippen LogP contribution is 2.36. The first kappa shape index (κ1) is 23.3. The second-order valence-corrected chi connectivity index (χ2v) is 9.19. The van der Waals surface area contributed by atoms with Crippen LogP contribution in [0.25, 0.3) is 11.2 Å². The van der Waals surface area contributed by atoms with Crippen molar-refractivity contribution in [2.24, 2.45) is 5.73 Å². The number of imidazole rings is 1. The number of hydrogen-bond donors (Lipinski definition) is 3. The molecule has 1 saturated carbocycles.